The Hall–Kier alpha value is -2.56. The molecule has 5 heteroatoms. The van der Waals surface area contributed by atoms with Crippen molar-refractivity contribution in [3.05, 3.63) is 48.6 Å². The summed E-state index contributed by atoms with van der Waals surface area (Å²) in [6.45, 7) is 3.55. The van der Waals surface area contributed by atoms with Gasteiger partial charge in [-0.2, -0.15) is 0 Å². The van der Waals surface area contributed by atoms with Crippen LogP contribution in [-0.2, 0) is 4.79 Å². The summed E-state index contributed by atoms with van der Waals surface area (Å²) in [4.78, 5) is 18.7. The van der Waals surface area contributed by atoms with E-state index >= 15 is 0 Å². The number of nitrogens with one attached hydrogen (secondary N) is 1. The van der Waals surface area contributed by atoms with Gasteiger partial charge < -0.3 is 16.0 Å². The summed E-state index contributed by atoms with van der Waals surface area (Å²) in [5.41, 5.74) is 6.89. The third-order valence-corrected chi connectivity index (χ3v) is 4.44. The largest absolute Gasteiger partial charge is 0.385 e. The average molecular weight is 310 g/mol. The number of hydrogen-bond donors (Lipinski definition) is 2. The smallest absolute Gasteiger partial charge is 0.228 e. The number of amides is 1. The highest BCUT2D eigenvalue weighted by atomic mass is 16.2. The summed E-state index contributed by atoms with van der Waals surface area (Å²) in [7, 11) is 0. The zero-order chi connectivity index (χ0) is 16.2. The van der Waals surface area contributed by atoms with Crippen LogP contribution in [0.2, 0.25) is 0 Å². The van der Waals surface area contributed by atoms with Crippen LogP contribution >= 0.6 is 0 Å². The van der Waals surface area contributed by atoms with Crippen LogP contribution in [0, 0.1) is 5.92 Å². The quantitative estimate of drug-likeness (QED) is 0.913. The minimum Gasteiger partial charge on any atom is -0.385 e. The van der Waals surface area contributed by atoms with Gasteiger partial charge in [0.1, 0.15) is 0 Å². The van der Waals surface area contributed by atoms with E-state index in [4.69, 9.17) is 5.73 Å². The van der Waals surface area contributed by atoms with E-state index in [1.54, 1.807) is 6.08 Å². The maximum absolute atomic E-state index is 12.2. The Morgan fingerprint density at radius 3 is 2.87 bits per heavy atom. The van der Waals surface area contributed by atoms with Crippen molar-refractivity contribution in [2.24, 2.45) is 11.7 Å². The lowest BCUT2D eigenvalue weighted by Gasteiger charge is -2.33. The van der Waals surface area contributed by atoms with E-state index in [0.717, 1.165) is 31.3 Å². The predicted molar refractivity (Wildman–Crippen MR) is 92.8 cm³/mol. The van der Waals surface area contributed by atoms with Crippen molar-refractivity contribution >= 4 is 22.4 Å². The number of carbonyl (C=O) groups is 1. The molecule has 0 radical (unpaired) electrons. The van der Waals surface area contributed by atoms with Gasteiger partial charge in [-0.05, 0) is 38.0 Å². The SMILES string of the molecule is C/C=C(\N)NC(=O)C1CCN(c2cccc3cnccc23)CC1. The zero-order valence-corrected chi connectivity index (χ0v) is 13.3. The van der Waals surface area contributed by atoms with E-state index in [1.807, 2.05) is 19.3 Å². The van der Waals surface area contributed by atoms with Crippen molar-refractivity contribution < 1.29 is 4.79 Å². The van der Waals surface area contributed by atoms with Crippen molar-refractivity contribution in [1.82, 2.24) is 10.3 Å². The molecule has 1 aliphatic rings. The number of piperidine rings is 1. The fourth-order valence-electron chi connectivity index (χ4n) is 3.08. The summed E-state index contributed by atoms with van der Waals surface area (Å²) in [6.07, 6.45) is 7.09. The molecule has 1 aliphatic heterocycles. The summed E-state index contributed by atoms with van der Waals surface area (Å²) < 4.78 is 0. The molecule has 1 fully saturated rings. The van der Waals surface area contributed by atoms with E-state index < -0.39 is 0 Å². The first-order chi connectivity index (χ1) is 11.2. The standard InChI is InChI=1S/C18H22N4O/c1-2-17(19)21-18(23)13-7-10-22(11-8-13)16-5-3-4-14-12-20-9-6-15(14)16/h2-6,9,12-13H,7-8,10-11,19H2,1H3,(H,21,23)/b17-2+. The van der Waals surface area contributed by atoms with Gasteiger partial charge >= 0.3 is 0 Å². The summed E-state index contributed by atoms with van der Waals surface area (Å²) in [5.74, 6) is 0.489. The van der Waals surface area contributed by atoms with Crippen LogP contribution in [0.3, 0.4) is 0 Å². The highest BCUT2D eigenvalue weighted by Crippen LogP contribution is 2.29. The van der Waals surface area contributed by atoms with Gasteiger partial charge in [0.05, 0.1) is 5.82 Å². The zero-order valence-electron chi connectivity index (χ0n) is 13.3. The van der Waals surface area contributed by atoms with Crippen LogP contribution in [0.5, 0.6) is 0 Å². The molecule has 120 valence electrons. The maximum Gasteiger partial charge on any atom is 0.228 e. The molecule has 2 aromatic rings. The molecule has 0 unspecified atom stereocenters. The van der Waals surface area contributed by atoms with Gasteiger partial charge in [-0.1, -0.05) is 12.1 Å². The Labute approximate surface area is 136 Å². The molecular weight excluding hydrogens is 288 g/mol. The van der Waals surface area contributed by atoms with Crippen molar-refractivity contribution in [3.63, 3.8) is 0 Å². The van der Waals surface area contributed by atoms with Gasteiger partial charge in [0, 0.05) is 47.9 Å². The molecule has 0 saturated carbocycles. The molecule has 2 heterocycles. The van der Waals surface area contributed by atoms with Crippen molar-refractivity contribution in [1.29, 1.82) is 0 Å². The number of nitrogens with two attached hydrogens (primary N) is 1. The number of benzene rings is 1. The highest BCUT2D eigenvalue weighted by molar-refractivity contribution is 5.93. The van der Waals surface area contributed by atoms with Gasteiger partial charge in [-0.15, -0.1) is 0 Å². The lowest BCUT2D eigenvalue weighted by molar-refractivity contribution is -0.124. The third kappa shape index (κ3) is 3.28. The minimum atomic E-state index is 0.0291. The molecule has 1 aromatic carbocycles. The van der Waals surface area contributed by atoms with Gasteiger partial charge in [0.15, 0.2) is 0 Å². The van der Waals surface area contributed by atoms with Crippen molar-refractivity contribution in [2.75, 3.05) is 18.0 Å². The molecule has 0 bridgehead atoms. The molecule has 1 aromatic heterocycles. The molecule has 0 spiro atoms. The molecule has 0 atom stereocenters. The second-order valence-corrected chi connectivity index (χ2v) is 5.87. The van der Waals surface area contributed by atoms with Crippen LogP contribution in [0.25, 0.3) is 10.8 Å². The number of hydrogen-bond acceptors (Lipinski definition) is 4. The maximum atomic E-state index is 12.2. The van der Waals surface area contributed by atoms with Crippen molar-refractivity contribution in [2.45, 2.75) is 19.8 Å². The monoisotopic (exact) mass is 310 g/mol. The second-order valence-electron chi connectivity index (χ2n) is 5.87. The molecule has 5 nitrogen and oxygen atoms in total. The van der Waals surface area contributed by atoms with Gasteiger partial charge in [-0.25, -0.2) is 0 Å². The summed E-state index contributed by atoms with van der Waals surface area (Å²) in [5, 5.41) is 5.11. The molecule has 23 heavy (non-hydrogen) atoms. The van der Waals surface area contributed by atoms with Crippen LogP contribution in [-0.4, -0.2) is 24.0 Å². The Morgan fingerprint density at radius 1 is 1.35 bits per heavy atom. The van der Waals surface area contributed by atoms with E-state index in [0.29, 0.717) is 5.82 Å². The van der Waals surface area contributed by atoms with E-state index in [1.165, 1.54) is 11.1 Å². The number of allylic oxidation sites excluding steroid dienone is 1. The van der Waals surface area contributed by atoms with E-state index in [-0.39, 0.29) is 11.8 Å². The third-order valence-electron chi connectivity index (χ3n) is 4.44. The normalized spacial score (nSPS) is 16.6. The number of anilines is 1. The fraction of sp³-hybridized carbons (Fsp3) is 0.333. The molecule has 1 saturated heterocycles. The van der Waals surface area contributed by atoms with Crippen LogP contribution < -0.4 is 16.0 Å². The second kappa shape index (κ2) is 6.69. The lowest BCUT2D eigenvalue weighted by Crippen LogP contribution is -2.41. The van der Waals surface area contributed by atoms with Crippen LogP contribution in [0.15, 0.2) is 48.6 Å². The number of aromatic nitrogens is 1. The minimum absolute atomic E-state index is 0.0291. The summed E-state index contributed by atoms with van der Waals surface area (Å²) in [6, 6.07) is 8.33. The number of fused-ring (bicyclic) bond motifs is 1. The molecule has 3 rings (SSSR count). The Kier molecular flexibility index (Phi) is 4.46. The Balaban J connectivity index is 1.70. The highest BCUT2D eigenvalue weighted by Gasteiger charge is 2.25. The van der Waals surface area contributed by atoms with Gasteiger partial charge in [-0.3, -0.25) is 9.78 Å². The summed E-state index contributed by atoms with van der Waals surface area (Å²) >= 11 is 0. The number of carbonyl (C=O) groups excluding carboxylic acids is 1. The lowest BCUT2D eigenvalue weighted by atomic mass is 9.95. The van der Waals surface area contributed by atoms with Crippen LogP contribution in [0.4, 0.5) is 5.69 Å². The molecule has 1 amide bonds. The van der Waals surface area contributed by atoms with E-state index in [2.05, 4.69) is 39.5 Å². The molecular formula is C18H22N4O. The average Bonchev–Trinajstić information content (AvgIpc) is 2.61. The number of rotatable bonds is 3. The number of nitrogens with zero attached hydrogens (tertiary/aromatic N) is 2. The Bertz CT molecular complexity index is 727. The van der Waals surface area contributed by atoms with Crippen LogP contribution in [0.1, 0.15) is 19.8 Å². The topological polar surface area (TPSA) is 71.2 Å². The van der Waals surface area contributed by atoms with Gasteiger partial charge in [0.2, 0.25) is 5.91 Å². The first-order valence-corrected chi connectivity index (χ1v) is 7.99. The predicted octanol–water partition coefficient (Wildman–Crippen LogP) is 2.39. The Morgan fingerprint density at radius 2 is 2.13 bits per heavy atom. The molecule has 0 aliphatic carbocycles. The molecule has 3 N–H and O–H groups in total. The first-order valence-electron chi connectivity index (χ1n) is 7.99. The van der Waals surface area contributed by atoms with Crippen molar-refractivity contribution in [3.8, 4) is 0 Å². The number of pyridine rings is 1. The van der Waals surface area contributed by atoms with E-state index in [9.17, 15) is 4.79 Å². The first kappa shape index (κ1) is 15.3. The van der Waals surface area contributed by atoms with Gasteiger partial charge in [0.25, 0.3) is 0 Å². The fourth-order valence-corrected chi connectivity index (χ4v) is 3.08.